The van der Waals surface area contributed by atoms with E-state index in [1.54, 1.807) is 0 Å². The molecule has 8 rings (SSSR count). The minimum absolute atomic E-state index is 1.18. The number of rotatable bonds is 3. The van der Waals surface area contributed by atoms with Crippen molar-refractivity contribution in [1.29, 1.82) is 0 Å². The predicted molar refractivity (Wildman–Crippen MR) is 160 cm³/mol. The highest BCUT2D eigenvalue weighted by Gasteiger charge is 2.31. The van der Waals surface area contributed by atoms with E-state index in [0.29, 0.717) is 0 Å². The molecule has 7 aromatic rings. The first-order valence-corrected chi connectivity index (χ1v) is 13.1. The summed E-state index contributed by atoms with van der Waals surface area (Å²) in [6.45, 7) is 0. The molecule has 0 amide bonds. The van der Waals surface area contributed by atoms with Crippen LogP contribution in [0.15, 0.2) is 140 Å². The summed E-state index contributed by atoms with van der Waals surface area (Å²) in [5.41, 5.74) is 12.7. The summed E-state index contributed by atoms with van der Waals surface area (Å²) in [7, 11) is 0. The lowest BCUT2D eigenvalue weighted by molar-refractivity contribution is 1.36. The Kier molecular flexibility index (Phi) is 4.59. The molecular formula is C37H23N. The first-order chi connectivity index (χ1) is 18.9. The molecule has 176 valence electrons. The van der Waals surface area contributed by atoms with E-state index >= 15 is 0 Å². The lowest BCUT2D eigenvalue weighted by Crippen LogP contribution is -1.94. The van der Waals surface area contributed by atoms with Crippen LogP contribution in [0.25, 0.3) is 77.2 Å². The lowest BCUT2D eigenvalue weighted by atomic mass is 9.83. The van der Waals surface area contributed by atoms with Gasteiger partial charge in [0.2, 0.25) is 0 Å². The van der Waals surface area contributed by atoms with Gasteiger partial charge in [0.05, 0.1) is 0 Å². The van der Waals surface area contributed by atoms with Crippen LogP contribution in [0.5, 0.6) is 0 Å². The van der Waals surface area contributed by atoms with E-state index in [2.05, 4.69) is 132 Å². The number of hydrogen-bond donors (Lipinski definition) is 0. The van der Waals surface area contributed by atoms with Gasteiger partial charge in [-0.25, -0.2) is 0 Å². The molecule has 1 nitrogen and oxygen atoms in total. The van der Waals surface area contributed by atoms with Crippen LogP contribution in [0.2, 0.25) is 0 Å². The molecule has 0 spiro atoms. The number of aromatic nitrogens is 1. The molecule has 1 heterocycles. The van der Waals surface area contributed by atoms with E-state index in [4.69, 9.17) is 0 Å². The predicted octanol–water partition coefficient (Wildman–Crippen LogP) is 10.0. The van der Waals surface area contributed by atoms with Crippen LogP contribution in [-0.2, 0) is 0 Å². The van der Waals surface area contributed by atoms with Crippen molar-refractivity contribution in [3.8, 4) is 55.6 Å². The Labute approximate surface area is 221 Å². The number of hydrogen-bond acceptors (Lipinski definition) is 1. The third kappa shape index (κ3) is 2.96. The molecule has 0 unspecified atom stereocenters. The van der Waals surface area contributed by atoms with Crippen molar-refractivity contribution in [3.63, 3.8) is 0 Å². The van der Waals surface area contributed by atoms with Crippen molar-refractivity contribution >= 4 is 21.5 Å². The second kappa shape index (κ2) is 8.26. The maximum absolute atomic E-state index is 4.61. The number of benzene rings is 6. The molecule has 1 heteroatoms. The van der Waals surface area contributed by atoms with E-state index in [1.165, 1.54) is 77.2 Å². The molecule has 0 saturated carbocycles. The first kappa shape index (κ1) is 21.1. The van der Waals surface area contributed by atoms with Gasteiger partial charge in [-0.1, -0.05) is 121 Å². The molecule has 0 N–H and O–H groups in total. The van der Waals surface area contributed by atoms with Crippen LogP contribution < -0.4 is 0 Å². The van der Waals surface area contributed by atoms with Crippen molar-refractivity contribution in [2.75, 3.05) is 0 Å². The SMILES string of the molecule is c1ccc(-c2c3c(c(-c4ccccc4)c4cnccc24)-c2ccc(-c4ccccc4)c4cccc-3c24)cc1. The van der Waals surface area contributed by atoms with Gasteiger partial charge in [-0.2, -0.15) is 0 Å². The average molecular weight is 482 g/mol. The van der Waals surface area contributed by atoms with Crippen molar-refractivity contribution in [1.82, 2.24) is 4.98 Å². The molecule has 0 saturated heterocycles. The Morgan fingerprint density at radius 1 is 0.342 bits per heavy atom. The standard InChI is InChI=1S/C37H23N/c1-4-11-24(12-5-1)27-19-20-31-35-28(27)17-10-18-30(35)36-33(25-13-6-2-7-14-25)29-21-22-38-23-32(29)34(37(31)36)26-15-8-3-9-16-26/h1-23H. The molecule has 0 radical (unpaired) electrons. The number of nitrogens with zero attached hydrogens (tertiary/aromatic N) is 1. The molecular weight excluding hydrogens is 458 g/mol. The highest BCUT2D eigenvalue weighted by molar-refractivity contribution is 6.28. The quantitative estimate of drug-likeness (QED) is 0.245. The van der Waals surface area contributed by atoms with Crippen molar-refractivity contribution in [2.45, 2.75) is 0 Å². The fraction of sp³-hybridized carbons (Fsp3) is 0. The summed E-state index contributed by atoms with van der Waals surface area (Å²) in [6, 6.07) is 46.0. The maximum atomic E-state index is 4.61. The maximum Gasteiger partial charge on any atom is 0.0353 e. The number of fused-ring (bicyclic) bond motifs is 4. The van der Waals surface area contributed by atoms with Gasteiger partial charge < -0.3 is 0 Å². The van der Waals surface area contributed by atoms with Crippen molar-refractivity contribution in [3.05, 3.63) is 140 Å². The molecule has 0 fully saturated rings. The van der Waals surface area contributed by atoms with Crippen LogP contribution >= 0.6 is 0 Å². The van der Waals surface area contributed by atoms with Crippen LogP contribution in [-0.4, -0.2) is 4.98 Å². The minimum Gasteiger partial charge on any atom is -0.264 e. The summed E-state index contributed by atoms with van der Waals surface area (Å²) in [5, 5.41) is 5.05. The second-order valence-corrected chi connectivity index (χ2v) is 9.91. The average Bonchev–Trinajstić information content (AvgIpc) is 3.32. The number of pyridine rings is 1. The molecule has 0 bridgehead atoms. The minimum atomic E-state index is 1.18. The van der Waals surface area contributed by atoms with Gasteiger partial charge in [0.1, 0.15) is 0 Å². The van der Waals surface area contributed by atoms with Crippen LogP contribution in [0, 0.1) is 0 Å². The monoisotopic (exact) mass is 481 g/mol. The zero-order valence-corrected chi connectivity index (χ0v) is 20.7. The third-order valence-corrected chi connectivity index (χ3v) is 7.90. The van der Waals surface area contributed by atoms with Gasteiger partial charge in [0.25, 0.3) is 0 Å². The molecule has 38 heavy (non-hydrogen) atoms. The van der Waals surface area contributed by atoms with Gasteiger partial charge >= 0.3 is 0 Å². The highest BCUT2D eigenvalue weighted by atomic mass is 14.6. The Morgan fingerprint density at radius 2 is 0.895 bits per heavy atom. The molecule has 0 aliphatic heterocycles. The Hall–Kier alpha value is -5.01. The van der Waals surface area contributed by atoms with Gasteiger partial charge in [0.15, 0.2) is 0 Å². The summed E-state index contributed by atoms with van der Waals surface area (Å²) >= 11 is 0. The highest BCUT2D eigenvalue weighted by Crippen LogP contribution is 2.58. The van der Waals surface area contributed by atoms with E-state index < -0.39 is 0 Å². The zero-order valence-electron chi connectivity index (χ0n) is 20.7. The van der Waals surface area contributed by atoms with E-state index in [9.17, 15) is 0 Å². The molecule has 6 aromatic carbocycles. The third-order valence-electron chi connectivity index (χ3n) is 7.90. The lowest BCUT2D eigenvalue weighted by Gasteiger charge is -2.20. The van der Waals surface area contributed by atoms with Gasteiger partial charge in [-0.3, -0.25) is 4.98 Å². The van der Waals surface area contributed by atoms with E-state index in [1.807, 2.05) is 12.4 Å². The van der Waals surface area contributed by atoms with Gasteiger partial charge in [-0.05, 0) is 77.9 Å². The van der Waals surface area contributed by atoms with Crippen LogP contribution in [0.1, 0.15) is 0 Å². The van der Waals surface area contributed by atoms with E-state index in [0.717, 1.165) is 0 Å². The summed E-state index contributed by atoms with van der Waals surface area (Å²) < 4.78 is 0. The van der Waals surface area contributed by atoms with Crippen molar-refractivity contribution < 1.29 is 0 Å². The fourth-order valence-corrected chi connectivity index (χ4v) is 6.37. The molecule has 1 aromatic heterocycles. The largest absolute Gasteiger partial charge is 0.264 e. The van der Waals surface area contributed by atoms with Gasteiger partial charge in [0, 0.05) is 17.8 Å². The Bertz CT molecular complexity index is 1900. The Balaban J connectivity index is 1.59. The molecule has 1 aliphatic carbocycles. The normalized spacial score (nSPS) is 11.7. The van der Waals surface area contributed by atoms with Crippen LogP contribution in [0.4, 0.5) is 0 Å². The topological polar surface area (TPSA) is 12.9 Å². The summed E-state index contributed by atoms with van der Waals surface area (Å²) in [5.74, 6) is 0. The molecule has 1 aliphatic rings. The van der Waals surface area contributed by atoms with Crippen molar-refractivity contribution in [2.24, 2.45) is 0 Å². The first-order valence-electron chi connectivity index (χ1n) is 13.1. The smallest absolute Gasteiger partial charge is 0.0353 e. The Morgan fingerprint density at radius 3 is 1.55 bits per heavy atom. The molecule has 0 atom stereocenters. The summed E-state index contributed by atoms with van der Waals surface area (Å²) in [4.78, 5) is 4.61. The second-order valence-electron chi connectivity index (χ2n) is 9.91. The van der Waals surface area contributed by atoms with Gasteiger partial charge in [-0.15, -0.1) is 0 Å². The zero-order chi connectivity index (χ0) is 25.1. The summed E-state index contributed by atoms with van der Waals surface area (Å²) in [6.07, 6.45) is 3.97. The fourth-order valence-electron chi connectivity index (χ4n) is 6.37. The van der Waals surface area contributed by atoms with Crippen LogP contribution in [0.3, 0.4) is 0 Å². The van der Waals surface area contributed by atoms with E-state index in [-0.39, 0.29) is 0 Å².